The van der Waals surface area contributed by atoms with Crippen LogP contribution in [0.4, 0.5) is 5.00 Å². The van der Waals surface area contributed by atoms with Crippen LogP contribution < -0.4 is 5.32 Å². The molecule has 1 aromatic heterocycles. The molecule has 14 heavy (non-hydrogen) atoms. The van der Waals surface area contributed by atoms with Crippen molar-refractivity contribution in [3.8, 4) is 0 Å². The van der Waals surface area contributed by atoms with Crippen molar-refractivity contribution in [2.45, 2.75) is 11.8 Å². The zero-order valence-electron chi connectivity index (χ0n) is 7.43. The topological polar surface area (TPSA) is 55.2 Å². The summed E-state index contributed by atoms with van der Waals surface area (Å²) in [5.41, 5.74) is 0. The van der Waals surface area contributed by atoms with Crippen LogP contribution in [0.15, 0.2) is 12.1 Å². The van der Waals surface area contributed by atoms with Crippen LogP contribution in [0.5, 0.6) is 0 Å². The number of hydrogen-bond acceptors (Lipinski definition) is 5. The monoisotopic (exact) mass is 230 g/mol. The van der Waals surface area contributed by atoms with Crippen molar-refractivity contribution in [3.63, 3.8) is 0 Å². The highest BCUT2D eigenvalue weighted by molar-refractivity contribution is 7.99. The SMILES string of the molecule is O=[N+]([O-])c1ccc(C2NCCCS2)s1. The van der Waals surface area contributed by atoms with Gasteiger partial charge in [-0.15, -0.1) is 11.8 Å². The quantitative estimate of drug-likeness (QED) is 0.626. The van der Waals surface area contributed by atoms with Crippen LogP contribution in [-0.4, -0.2) is 17.2 Å². The fourth-order valence-electron chi connectivity index (χ4n) is 1.33. The minimum absolute atomic E-state index is 0.230. The Kier molecular flexibility index (Phi) is 3.05. The molecule has 0 bridgehead atoms. The Morgan fingerprint density at radius 1 is 1.57 bits per heavy atom. The van der Waals surface area contributed by atoms with Crippen molar-refractivity contribution in [2.24, 2.45) is 0 Å². The predicted octanol–water partition coefficient (Wildman–Crippen LogP) is 2.38. The molecule has 0 aliphatic carbocycles. The lowest BCUT2D eigenvalue weighted by Gasteiger charge is -2.21. The molecular formula is C8H10N2O2S2. The number of nitrogens with one attached hydrogen (secondary N) is 1. The minimum Gasteiger partial charge on any atom is -0.301 e. The first-order valence-corrected chi connectivity index (χ1v) is 6.23. The molecule has 6 heteroatoms. The van der Waals surface area contributed by atoms with Crippen LogP contribution in [0.2, 0.25) is 0 Å². The Labute approximate surface area is 89.9 Å². The highest BCUT2D eigenvalue weighted by atomic mass is 32.2. The molecule has 4 nitrogen and oxygen atoms in total. The first kappa shape index (κ1) is 9.95. The maximum Gasteiger partial charge on any atom is 0.324 e. The molecule has 1 aromatic rings. The minimum atomic E-state index is -0.332. The highest BCUT2D eigenvalue weighted by Gasteiger charge is 2.19. The molecular weight excluding hydrogens is 220 g/mol. The van der Waals surface area contributed by atoms with E-state index in [0.29, 0.717) is 0 Å². The third-order valence-electron chi connectivity index (χ3n) is 1.99. The molecule has 76 valence electrons. The van der Waals surface area contributed by atoms with Gasteiger partial charge in [-0.25, -0.2) is 0 Å². The fourth-order valence-corrected chi connectivity index (χ4v) is 3.48. The van der Waals surface area contributed by atoms with Gasteiger partial charge in [0.05, 0.1) is 10.3 Å². The van der Waals surface area contributed by atoms with Crippen LogP contribution in [-0.2, 0) is 0 Å². The number of hydrogen-bond donors (Lipinski definition) is 1. The van der Waals surface area contributed by atoms with Crippen LogP contribution in [0, 0.1) is 10.1 Å². The van der Waals surface area contributed by atoms with E-state index in [9.17, 15) is 10.1 Å². The van der Waals surface area contributed by atoms with E-state index >= 15 is 0 Å². The number of nitro groups is 1. The summed E-state index contributed by atoms with van der Waals surface area (Å²) in [6.07, 6.45) is 1.18. The maximum atomic E-state index is 10.5. The van der Waals surface area contributed by atoms with Crippen LogP contribution in [0.1, 0.15) is 16.7 Å². The van der Waals surface area contributed by atoms with Gasteiger partial charge in [0.15, 0.2) is 0 Å². The normalized spacial score (nSPS) is 22.1. The second-order valence-electron chi connectivity index (χ2n) is 2.99. The van der Waals surface area contributed by atoms with E-state index in [0.717, 1.165) is 17.2 Å². The van der Waals surface area contributed by atoms with Gasteiger partial charge in [0, 0.05) is 10.9 Å². The summed E-state index contributed by atoms with van der Waals surface area (Å²) in [5.74, 6) is 1.13. The fraction of sp³-hybridized carbons (Fsp3) is 0.500. The van der Waals surface area contributed by atoms with Crippen molar-refractivity contribution in [1.29, 1.82) is 0 Å². The molecule has 0 radical (unpaired) electrons. The third-order valence-corrected chi connectivity index (χ3v) is 4.52. The summed E-state index contributed by atoms with van der Waals surface area (Å²) >= 11 is 3.08. The van der Waals surface area contributed by atoms with E-state index in [1.807, 2.05) is 17.8 Å². The van der Waals surface area contributed by atoms with Gasteiger partial charge >= 0.3 is 5.00 Å². The molecule has 0 spiro atoms. The van der Waals surface area contributed by atoms with E-state index in [1.165, 1.54) is 17.8 Å². The maximum absolute atomic E-state index is 10.5. The van der Waals surface area contributed by atoms with Crippen molar-refractivity contribution < 1.29 is 4.92 Å². The van der Waals surface area contributed by atoms with Crippen LogP contribution in [0.25, 0.3) is 0 Å². The molecule has 0 saturated carbocycles. The lowest BCUT2D eigenvalue weighted by Crippen LogP contribution is -2.24. The third kappa shape index (κ3) is 2.08. The molecule has 1 N–H and O–H groups in total. The Hall–Kier alpha value is -0.590. The smallest absolute Gasteiger partial charge is 0.301 e. The standard InChI is InChI=1S/C8H10N2O2S2/c11-10(12)7-3-2-6(14-7)8-9-4-1-5-13-8/h2-3,8-9H,1,4-5H2. The van der Waals surface area contributed by atoms with Gasteiger partial charge in [0.25, 0.3) is 0 Å². The summed E-state index contributed by atoms with van der Waals surface area (Å²) in [7, 11) is 0. The lowest BCUT2D eigenvalue weighted by molar-refractivity contribution is -0.380. The summed E-state index contributed by atoms with van der Waals surface area (Å²) in [6.45, 7) is 1.00. The van der Waals surface area contributed by atoms with E-state index < -0.39 is 0 Å². The highest BCUT2D eigenvalue weighted by Crippen LogP contribution is 2.36. The molecule has 0 amide bonds. The van der Waals surface area contributed by atoms with E-state index in [1.54, 1.807) is 6.07 Å². The zero-order chi connectivity index (χ0) is 9.97. The molecule has 2 heterocycles. The molecule has 0 aromatic carbocycles. The Bertz CT molecular complexity index is 334. The molecule has 1 unspecified atom stereocenters. The second-order valence-corrected chi connectivity index (χ2v) is 5.30. The molecule has 1 fully saturated rings. The molecule has 1 aliphatic heterocycles. The Morgan fingerprint density at radius 2 is 2.43 bits per heavy atom. The molecule has 1 aliphatic rings. The zero-order valence-corrected chi connectivity index (χ0v) is 9.07. The van der Waals surface area contributed by atoms with Crippen molar-refractivity contribution >= 4 is 28.1 Å². The van der Waals surface area contributed by atoms with E-state index in [-0.39, 0.29) is 15.3 Å². The second kappa shape index (κ2) is 4.29. The first-order chi connectivity index (χ1) is 6.77. The number of thioether (sulfide) groups is 1. The van der Waals surface area contributed by atoms with Crippen molar-refractivity contribution in [1.82, 2.24) is 5.32 Å². The molecule has 1 saturated heterocycles. The van der Waals surface area contributed by atoms with E-state index in [4.69, 9.17) is 0 Å². The number of thiophene rings is 1. The van der Waals surface area contributed by atoms with Crippen molar-refractivity contribution in [3.05, 3.63) is 27.1 Å². The average molecular weight is 230 g/mol. The molecule has 1 atom stereocenters. The summed E-state index contributed by atoms with van der Waals surface area (Å²) in [6, 6.07) is 3.43. The summed E-state index contributed by atoms with van der Waals surface area (Å²) in [4.78, 5) is 11.2. The number of nitrogens with zero attached hydrogens (tertiary/aromatic N) is 1. The van der Waals surface area contributed by atoms with Gasteiger partial charge in [-0.3, -0.25) is 10.1 Å². The Morgan fingerprint density at radius 3 is 3.00 bits per heavy atom. The lowest BCUT2D eigenvalue weighted by atomic mass is 10.4. The van der Waals surface area contributed by atoms with Gasteiger partial charge < -0.3 is 5.32 Å². The number of rotatable bonds is 2. The van der Waals surface area contributed by atoms with E-state index in [2.05, 4.69) is 5.32 Å². The van der Waals surface area contributed by atoms with Gasteiger partial charge in [-0.1, -0.05) is 11.3 Å². The summed E-state index contributed by atoms with van der Waals surface area (Å²) < 4.78 is 0. The Balaban J connectivity index is 2.11. The van der Waals surface area contributed by atoms with Gasteiger partial charge in [0.2, 0.25) is 0 Å². The summed E-state index contributed by atoms with van der Waals surface area (Å²) in [5, 5.41) is 14.3. The predicted molar refractivity (Wildman–Crippen MR) is 58.8 cm³/mol. The first-order valence-electron chi connectivity index (χ1n) is 4.36. The van der Waals surface area contributed by atoms with Crippen LogP contribution in [0.3, 0.4) is 0 Å². The van der Waals surface area contributed by atoms with Gasteiger partial charge in [0.1, 0.15) is 0 Å². The van der Waals surface area contributed by atoms with Crippen LogP contribution >= 0.6 is 23.1 Å². The largest absolute Gasteiger partial charge is 0.324 e. The van der Waals surface area contributed by atoms with Crippen molar-refractivity contribution in [2.75, 3.05) is 12.3 Å². The molecule has 2 rings (SSSR count). The van der Waals surface area contributed by atoms with Gasteiger partial charge in [-0.2, -0.15) is 0 Å². The van der Waals surface area contributed by atoms with Gasteiger partial charge in [-0.05, 0) is 24.8 Å². The average Bonchev–Trinajstić information content (AvgIpc) is 2.68.